The summed E-state index contributed by atoms with van der Waals surface area (Å²) in [6.07, 6.45) is 9.88. The Kier molecular flexibility index (Phi) is 10.2. The molecule has 1 aromatic heterocycles. The molecule has 246 valence electrons. The second-order valence-corrected chi connectivity index (χ2v) is 14.1. The van der Waals surface area contributed by atoms with E-state index in [0.29, 0.717) is 29.3 Å². The molecule has 3 fully saturated rings. The predicted molar refractivity (Wildman–Crippen MR) is 173 cm³/mol. The lowest BCUT2D eigenvalue weighted by Gasteiger charge is -2.54. The first-order valence-electron chi connectivity index (χ1n) is 16.5. The first kappa shape index (κ1) is 32.9. The lowest BCUT2D eigenvalue weighted by Crippen LogP contribution is -2.61. The quantitative estimate of drug-likeness (QED) is 0.400. The van der Waals surface area contributed by atoms with Gasteiger partial charge in [0, 0.05) is 57.3 Å². The van der Waals surface area contributed by atoms with Crippen LogP contribution in [0.2, 0.25) is 0 Å². The summed E-state index contributed by atoms with van der Waals surface area (Å²) in [7, 11) is 3.57. The molecule has 0 bridgehead atoms. The highest BCUT2D eigenvalue weighted by molar-refractivity contribution is 5.97. The molecule has 2 saturated heterocycles. The van der Waals surface area contributed by atoms with Crippen LogP contribution in [-0.2, 0) is 0 Å². The van der Waals surface area contributed by atoms with Crippen molar-refractivity contribution in [2.45, 2.75) is 84.3 Å². The highest BCUT2D eigenvalue weighted by Crippen LogP contribution is 2.45. The van der Waals surface area contributed by atoms with Crippen molar-refractivity contribution in [3.05, 3.63) is 42.1 Å². The van der Waals surface area contributed by atoms with Gasteiger partial charge in [-0.15, -0.1) is 0 Å². The van der Waals surface area contributed by atoms with Gasteiger partial charge in [-0.1, -0.05) is 0 Å². The average Bonchev–Trinajstić information content (AvgIpc) is 2.98. The number of nitrogens with one attached hydrogen (secondary N) is 1. The molecule has 3 heterocycles. The monoisotopic (exact) mass is 623 g/mol. The Balaban J connectivity index is 1.16. The van der Waals surface area contributed by atoms with E-state index in [1.807, 2.05) is 27.7 Å². The number of amides is 3. The molecule has 0 unspecified atom stereocenters. The van der Waals surface area contributed by atoms with Crippen LogP contribution in [0.5, 0.6) is 11.5 Å². The molecule has 5 rings (SSSR count). The third-order valence-electron chi connectivity index (χ3n) is 9.76. The van der Waals surface area contributed by atoms with Crippen molar-refractivity contribution in [3.8, 4) is 11.5 Å². The summed E-state index contributed by atoms with van der Waals surface area (Å²) in [4.78, 5) is 42.5. The van der Waals surface area contributed by atoms with E-state index in [-0.39, 0.29) is 35.0 Å². The van der Waals surface area contributed by atoms with Crippen molar-refractivity contribution in [2.24, 2.45) is 11.3 Å². The van der Waals surface area contributed by atoms with E-state index in [1.165, 1.54) is 37.4 Å². The molecule has 0 radical (unpaired) electrons. The number of rotatable bonds is 9. The summed E-state index contributed by atoms with van der Waals surface area (Å²) >= 11 is 0. The smallest absolute Gasteiger partial charge is 0.317 e. The molecule has 11 heteroatoms. The largest absolute Gasteiger partial charge is 0.451 e. The number of aromatic nitrogens is 2. The van der Waals surface area contributed by atoms with E-state index < -0.39 is 5.82 Å². The molecule has 10 nitrogen and oxygen atoms in total. The molecule has 1 aliphatic carbocycles. The van der Waals surface area contributed by atoms with Crippen molar-refractivity contribution >= 4 is 17.8 Å². The summed E-state index contributed by atoms with van der Waals surface area (Å²) < 4.78 is 20.6. The number of hydrogen-bond acceptors (Lipinski definition) is 7. The summed E-state index contributed by atoms with van der Waals surface area (Å²) in [6, 6.07) is 4.27. The lowest BCUT2D eigenvalue weighted by molar-refractivity contribution is 0.0615. The first-order valence-corrected chi connectivity index (χ1v) is 16.5. The number of urea groups is 1. The molecule has 2 aliphatic heterocycles. The molecule has 2 aromatic rings. The van der Waals surface area contributed by atoms with Gasteiger partial charge in [-0.2, -0.15) is 0 Å². The third-order valence-corrected chi connectivity index (χ3v) is 9.76. The molecular weight excluding hydrogens is 573 g/mol. The molecule has 1 N–H and O–H groups in total. The Hall–Kier alpha value is -3.47. The van der Waals surface area contributed by atoms with E-state index in [0.717, 1.165) is 58.4 Å². The molecular formula is C34H50FN7O3. The zero-order valence-corrected chi connectivity index (χ0v) is 27.8. The van der Waals surface area contributed by atoms with Crippen molar-refractivity contribution in [1.29, 1.82) is 0 Å². The fourth-order valence-corrected chi connectivity index (χ4v) is 7.30. The van der Waals surface area contributed by atoms with Crippen molar-refractivity contribution in [2.75, 3.05) is 51.7 Å². The number of piperidine rings is 1. The van der Waals surface area contributed by atoms with Crippen LogP contribution in [0.4, 0.5) is 15.0 Å². The van der Waals surface area contributed by atoms with Crippen LogP contribution in [0.3, 0.4) is 0 Å². The molecule has 1 aromatic carbocycles. The van der Waals surface area contributed by atoms with Gasteiger partial charge in [0.2, 0.25) is 0 Å². The number of benzene rings is 1. The minimum Gasteiger partial charge on any atom is -0.451 e. The number of halogens is 1. The number of carbonyl (C=O) groups is 2. The number of ether oxygens (including phenoxy) is 1. The highest BCUT2D eigenvalue weighted by atomic mass is 19.1. The maximum atomic E-state index is 14.3. The normalized spacial score (nSPS) is 21.5. The summed E-state index contributed by atoms with van der Waals surface area (Å²) in [5, 5.41) is 3.14. The Morgan fingerprint density at radius 1 is 1.04 bits per heavy atom. The van der Waals surface area contributed by atoms with Crippen LogP contribution in [0.15, 0.2) is 30.7 Å². The maximum absolute atomic E-state index is 14.3. The number of carbonyl (C=O) groups excluding carboxylic acids is 2. The second-order valence-electron chi connectivity index (χ2n) is 14.1. The average molecular weight is 624 g/mol. The van der Waals surface area contributed by atoms with Gasteiger partial charge in [-0.25, -0.2) is 19.2 Å². The minimum absolute atomic E-state index is 0.00453. The topological polar surface area (TPSA) is 94.1 Å². The van der Waals surface area contributed by atoms with Gasteiger partial charge in [0.1, 0.15) is 17.9 Å². The standard InChI is InChI=1S/C34H50FN7O3/c1-23(2)42(24(3)4)32(43)28-17-26(35)9-12-29(28)45-30-18-36-22-37-31(30)41-20-34(21-41)13-15-40(16-14-34)19-25-7-10-27(11-8-25)38-33(44)39(5)6/h9,12,17-18,22-25,27H,7-8,10-11,13-16,19-21H2,1-6H3,(H,38,44). The molecule has 45 heavy (non-hydrogen) atoms. The van der Waals surface area contributed by atoms with Crippen LogP contribution >= 0.6 is 0 Å². The van der Waals surface area contributed by atoms with E-state index in [2.05, 4.69) is 25.1 Å². The van der Waals surface area contributed by atoms with Crippen LogP contribution in [0.1, 0.15) is 76.6 Å². The number of nitrogens with zero attached hydrogens (tertiary/aromatic N) is 6. The maximum Gasteiger partial charge on any atom is 0.317 e. The Morgan fingerprint density at radius 3 is 2.33 bits per heavy atom. The van der Waals surface area contributed by atoms with Gasteiger partial charge in [0.05, 0.1) is 11.8 Å². The Labute approximate surface area is 267 Å². The van der Waals surface area contributed by atoms with E-state index in [1.54, 1.807) is 30.1 Å². The number of likely N-dealkylation sites (tertiary alicyclic amines) is 1. The molecule has 3 amide bonds. The zero-order chi connectivity index (χ0) is 32.3. The van der Waals surface area contributed by atoms with Gasteiger partial charge < -0.3 is 29.7 Å². The van der Waals surface area contributed by atoms with E-state index in [9.17, 15) is 14.0 Å². The minimum atomic E-state index is -0.486. The highest BCUT2D eigenvalue weighted by Gasteiger charge is 2.46. The summed E-state index contributed by atoms with van der Waals surface area (Å²) in [5.74, 6) is 1.39. The van der Waals surface area contributed by atoms with Crippen LogP contribution in [-0.4, -0.2) is 102 Å². The Bertz CT molecular complexity index is 1320. The van der Waals surface area contributed by atoms with Gasteiger partial charge in [-0.05, 0) is 103 Å². The van der Waals surface area contributed by atoms with Crippen molar-refractivity contribution in [1.82, 2.24) is 30.0 Å². The van der Waals surface area contributed by atoms with Crippen LogP contribution < -0.4 is 15.0 Å². The summed E-state index contributed by atoms with van der Waals surface area (Å²) in [5.41, 5.74) is 0.449. The van der Waals surface area contributed by atoms with Gasteiger partial charge in [0.15, 0.2) is 11.6 Å². The first-order chi connectivity index (χ1) is 21.4. The molecule has 3 aliphatic rings. The van der Waals surface area contributed by atoms with E-state index >= 15 is 0 Å². The fraction of sp³-hybridized carbons (Fsp3) is 0.647. The van der Waals surface area contributed by atoms with Crippen LogP contribution in [0.25, 0.3) is 0 Å². The number of hydrogen-bond donors (Lipinski definition) is 1. The number of anilines is 1. The van der Waals surface area contributed by atoms with Gasteiger partial charge in [0.25, 0.3) is 5.91 Å². The lowest BCUT2D eigenvalue weighted by atomic mass is 9.71. The third kappa shape index (κ3) is 7.68. The predicted octanol–water partition coefficient (Wildman–Crippen LogP) is 5.40. The molecule has 1 spiro atoms. The van der Waals surface area contributed by atoms with Crippen molar-refractivity contribution in [3.63, 3.8) is 0 Å². The van der Waals surface area contributed by atoms with Crippen LogP contribution in [0, 0.1) is 17.2 Å². The fourth-order valence-electron chi connectivity index (χ4n) is 7.30. The van der Waals surface area contributed by atoms with Gasteiger partial charge in [-0.3, -0.25) is 4.79 Å². The second kappa shape index (κ2) is 13.9. The van der Waals surface area contributed by atoms with Crippen molar-refractivity contribution < 1.29 is 18.7 Å². The summed E-state index contributed by atoms with van der Waals surface area (Å²) in [6.45, 7) is 12.9. The molecule has 1 saturated carbocycles. The zero-order valence-electron chi connectivity index (χ0n) is 27.8. The molecule has 0 atom stereocenters. The SMILES string of the molecule is CC(C)N(C(=O)c1cc(F)ccc1Oc1cncnc1N1CC2(CCN(CC3CCC(NC(=O)N(C)C)CC3)CC2)C1)C(C)C. The van der Waals surface area contributed by atoms with E-state index in [4.69, 9.17) is 4.74 Å². The van der Waals surface area contributed by atoms with Gasteiger partial charge >= 0.3 is 6.03 Å². The Morgan fingerprint density at radius 2 is 1.71 bits per heavy atom.